The third kappa shape index (κ3) is 6.82. The van der Waals surface area contributed by atoms with Gasteiger partial charge < -0.3 is 16.0 Å². The molecule has 0 saturated carbocycles. The molecular weight excluding hydrogens is 363 g/mol. The molecular formula is C17H28Cl2N4O2. The Morgan fingerprint density at radius 1 is 1.12 bits per heavy atom. The second kappa shape index (κ2) is 12.1. The standard InChI is InChI=1S/C17H26N4O2.2ClH/c1-2-19-16(22)13-20-8-10-21(11-9-20)17(23)15(12-18)14-6-4-3-5-7-14;;/h3-7,15H,2,8-13,18H2,1H3,(H,19,22);2*1H. The molecule has 2 rings (SSSR count). The van der Waals surface area contributed by atoms with Crippen LogP contribution in [0, 0.1) is 0 Å². The molecule has 2 amide bonds. The lowest BCUT2D eigenvalue weighted by Crippen LogP contribution is -2.52. The Morgan fingerprint density at radius 2 is 1.72 bits per heavy atom. The number of carbonyl (C=O) groups excluding carboxylic acids is 2. The summed E-state index contributed by atoms with van der Waals surface area (Å²) in [5.74, 6) is -0.168. The van der Waals surface area contributed by atoms with E-state index in [1.54, 1.807) is 0 Å². The van der Waals surface area contributed by atoms with E-state index < -0.39 is 0 Å². The summed E-state index contributed by atoms with van der Waals surface area (Å²) < 4.78 is 0. The van der Waals surface area contributed by atoms with E-state index in [-0.39, 0.29) is 42.5 Å². The van der Waals surface area contributed by atoms with Gasteiger partial charge in [-0.25, -0.2) is 0 Å². The van der Waals surface area contributed by atoms with Crippen molar-refractivity contribution in [2.24, 2.45) is 5.73 Å². The highest BCUT2D eigenvalue weighted by Crippen LogP contribution is 2.18. The molecule has 1 saturated heterocycles. The summed E-state index contributed by atoms with van der Waals surface area (Å²) in [5, 5.41) is 2.80. The molecule has 142 valence electrons. The first-order chi connectivity index (χ1) is 11.2. The van der Waals surface area contributed by atoms with Crippen molar-refractivity contribution in [3.63, 3.8) is 0 Å². The number of nitrogens with zero attached hydrogens (tertiary/aromatic N) is 2. The van der Waals surface area contributed by atoms with Gasteiger partial charge in [-0.1, -0.05) is 30.3 Å². The van der Waals surface area contributed by atoms with Crippen molar-refractivity contribution in [2.75, 3.05) is 45.8 Å². The van der Waals surface area contributed by atoms with Gasteiger partial charge >= 0.3 is 0 Å². The number of carbonyl (C=O) groups is 2. The van der Waals surface area contributed by atoms with Gasteiger partial charge in [0.25, 0.3) is 0 Å². The number of likely N-dealkylation sites (N-methyl/N-ethyl adjacent to an activating group) is 1. The van der Waals surface area contributed by atoms with Gasteiger partial charge in [0.2, 0.25) is 11.8 Å². The lowest BCUT2D eigenvalue weighted by Gasteiger charge is -2.36. The third-order valence-electron chi connectivity index (χ3n) is 4.16. The van der Waals surface area contributed by atoms with Crippen molar-refractivity contribution in [3.05, 3.63) is 35.9 Å². The van der Waals surface area contributed by atoms with Crippen molar-refractivity contribution in [3.8, 4) is 0 Å². The molecule has 1 aliphatic heterocycles. The van der Waals surface area contributed by atoms with Crippen molar-refractivity contribution in [1.29, 1.82) is 0 Å². The summed E-state index contributed by atoms with van der Waals surface area (Å²) in [4.78, 5) is 28.3. The van der Waals surface area contributed by atoms with Crippen molar-refractivity contribution < 1.29 is 9.59 Å². The maximum absolute atomic E-state index is 12.7. The highest BCUT2D eigenvalue weighted by atomic mass is 35.5. The molecule has 1 unspecified atom stereocenters. The summed E-state index contributed by atoms with van der Waals surface area (Å²) in [6.45, 7) is 5.97. The number of benzene rings is 1. The quantitative estimate of drug-likeness (QED) is 0.754. The SMILES string of the molecule is CCNC(=O)CN1CCN(C(=O)C(CN)c2ccccc2)CC1.Cl.Cl. The Morgan fingerprint density at radius 3 is 2.24 bits per heavy atom. The zero-order valence-corrected chi connectivity index (χ0v) is 16.2. The van der Waals surface area contributed by atoms with Crippen LogP contribution in [0.2, 0.25) is 0 Å². The van der Waals surface area contributed by atoms with E-state index in [2.05, 4.69) is 10.2 Å². The van der Waals surface area contributed by atoms with E-state index in [1.165, 1.54) is 0 Å². The van der Waals surface area contributed by atoms with Gasteiger partial charge in [-0.3, -0.25) is 14.5 Å². The molecule has 3 N–H and O–H groups in total. The van der Waals surface area contributed by atoms with Crippen LogP contribution in [0.25, 0.3) is 0 Å². The average Bonchev–Trinajstić information content (AvgIpc) is 2.57. The topological polar surface area (TPSA) is 78.7 Å². The van der Waals surface area contributed by atoms with Gasteiger partial charge in [-0.05, 0) is 12.5 Å². The van der Waals surface area contributed by atoms with Crippen molar-refractivity contribution in [2.45, 2.75) is 12.8 Å². The van der Waals surface area contributed by atoms with Crippen LogP contribution in [0.1, 0.15) is 18.4 Å². The molecule has 25 heavy (non-hydrogen) atoms. The van der Waals surface area contributed by atoms with Gasteiger partial charge in [0.05, 0.1) is 12.5 Å². The number of amides is 2. The minimum Gasteiger partial charge on any atom is -0.355 e. The Labute approximate surface area is 161 Å². The lowest BCUT2D eigenvalue weighted by atomic mass is 9.97. The maximum atomic E-state index is 12.7. The Hall–Kier alpha value is -1.34. The summed E-state index contributed by atoms with van der Waals surface area (Å²) in [6, 6.07) is 9.67. The summed E-state index contributed by atoms with van der Waals surface area (Å²) in [6.07, 6.45) is 0. The monoisotopic (exact) mass is 390 g/mol. The van der Waals surface area contributed by atoms with Crippen LogP contribution in [0.3, 0.4) is 0 Å². The van der Waals surface area contributed by atoms with E-state index >= 15 is 0 Å². The Kier molecular flexibility index (Phi) is 11.4. The van der Waals surface area contributed by atoms with Crippen molar-refractivity contribution >= 4 is 36.6 Å². The molecule has 1 atom stereocenters. The molecule has 1 aliphatic rings. The fourth-order valence-corrected chi connectivity index (χ4v) is 2.87. The van der Waals surface area contributed by atoms with Crippen LogP contribution in [-0.4, -0.2) is 67.4 Å². The summed E-state index contributed by atoms with van der Waals surface area (Å²) in [5.41, 5.74) is 6.79. The van der Waals surface area contributed by atoms with Crippen LogP contribution in [0.15, 0.2) is 30.3 Å². The Balaban J connectivity index is 0.00000288. The first kappa shape index (κ1) is 23.7. The number of rotatable bonds is 6. The molecule has 0 aliphatic carbocycles. The molecule has 6 nitrogen and oxygen atoms in total. The van der Waals surface area contributed by atoms with Crippen LogP contribution >= 0.6 is 24.8 Å². The second-order valence-corrected chi connectivity index (χ2v) is 5.75. The number of piperazine rings is 1. The largest absolute Gasteiger partial charge is 0.355 e. The van der Waals surface area contributed by atoms with E-state index in [9.17, 15) is 9.59 Å². The zero-order chi connectivity index (χ0) is 16.7. The number of halogens is 2. The second-order valence-electron chi connectivity index (χ2n) is 5.75. The van der Waals surface area contributed by atoms with Crippen LogP contribution in [-0.2, 0) is 9.59 Å². The van der Waals surface area contributed by atoms with Gasteiger partial charge in [-0.15, -0.1) is 24.8 Å². The van der Waals surface area contributed by atoms with E-state index in [0.717, 1.165) is 18.7 Å². The molecule has 1 aromatic rings. The molecule has 0 radical (unpaired) electrons. The lowest BCUT2D eigenvalue weighted by molar-refractivity contribution is -0.134. The van der Waals surface area contributed by atoms with Crippen LogP contribution in [0.5, 0.6) is 0 Å². The fraction of sp³-hybridized carbons (Fsp3) is 0.529. The first-order valence-electron chi connectivity index (χ1n) is 8.18. The maximum Gasteiger partial charge on any atom is 0.234 e. The molecule has 1 heterocycles. The molecule has 8 heteroatoms. The molecule has 0 aromatic heterocycles. The van der Waals surface area contributed by atoms with Gasteiger partial charge in [0, 0.05) is 39.3 Å². The highest BCUT2D eigenvalue weighted by molar-refractivity contribution is 5.86. The van der Waals surface area contributed by atoms with E-state index in [0.29, 0.717) is 32.7 Å². The van der Waals surface area contributed by atoms with Crippen LogP contribution in [0.4, 0.5) is 0 Å². The zero-order valence-electron chi connectivity index (χ0n) is 14.5. The summed E-state index contributed by atoms with van der Waals surface area (Å²) >= 11 is 0. The smallest absolute Gasteiger partial charge is 0.234 e. The molecule has 1 fully saturated rings. The predicted molar refractivity (Wildman–Crippen MR) is 104 cm³/mol. The van der Waals surface area contributed by atoms with E-state index in [4.69, 9.17) is 5.73 Å². The number of hydrogen-bond acceptors (Lipinski definition) is 4. The molecule has 0 bridgehead atoms. The number of nitrogens with one attached hydrogen (secondary N) is 1. The third-order valence-corrected chi connectivity index (χ3v) is 4.16. The highest BCUT2D eigenvalue weighted by Gasteiger charge is 2.28. The summed E-state index contributed by atoms with van der Waals surface area (Å²) in [7, 11) is 0. The molecule has 1 aromatic carbocycles. The number of nitrogens with two attached hydrogens (primary N) is 1. The first-order valence-corrected chi connectivity index (χ1v) is 8.18. The van der Waals surface area contributed by atoms with Gasteiger partial charge in [0.15, 0.2) is 0 Å². The van der Waals surface area contributed by atoms with Crippen LogP contribution < -0.4 is 11.1 Å². The predicted octanol–water partition coefficient (Wildman–Crippen LogP) is 0.853. The average molecular weight is 391 g/mol. The minimum absolute atomic E-state index is 0. The Bertz CT molecular complexity index is 523. The minimum atomic E-state index is -0.286. The normalized spacial score (nSPS) is 15.5. The molecule has 0 spiro atoms. The van der Waals surface area contributed by atoms with Crippen molar-refractivity contribution in [1.82, 2.24) is 15.1 Å². The fourth-order valence-electron chi connectivity index (χ4n) is 2.87. The number of hydrogen-bond donors (Lipinski definition) is 2. The van der Waals surface area contributed by atoms with Gasteiger partial charge in [-0.2, -0.15) is 0 Å². The van der Waals surface area contributed by atoms with E-state index in [1.807, 2.05) is 42.2 Å². The van der Waals surface area contributed by atoms with Gasteiger partial charge in [0.1, 0.15) is 0 Å².